The van der Waals surface area contributed by atoms with Gasteiger partial charge in [-0.25, -0.2) is 8.42 Å². The molecule has 5 heteroatoms. The maximum absolute atomic E-state index is 13.7. The van der Waals surface area contributed by atoms with Crippen LogP contribution < -0.4 is 4.31 Å². The number of pyridine rings is 1. The van der Waals surface area contributed by atoms with E-state index in [0.717, 1.165) is 35.7 Å². The third-order valence-electron chi connectivity index (χ3n) is 5.89. The van der Waals surface area contributed by atoms with Crippen molar-refractivity contribution in [3.8, 4) is 0 Å². The first-order valence-corrected chi connectivity index (χ1v) is 13.4. The van der Waals surface area contributed by atoms with Crippen LogP contribution in [0.25, 0.3) is 10.9 Å². The Labute approximate surface area is 193 Å². The van der Waals surface area contributed by atoms with E-state index < -0.39 is 10.0 Å². The summed E-state index contributed by atoms with van der Waals surface area (Å²) in [6.45, 7) is 4.70. The monoisotopic (exact) mass is 452 g/mol. The van der Waals surface area contributed by atoms with Crippen molar-refractivity contribution in [1.29, 1.82) is 0 Å². The second-order valence-corrected chi connectivity index (χ2v) is 10.4. The molecule has 0 aliphatic rings. The number of aryl methyl sites for hydroxylation is 1. The zero-order valence-corrected chi connectivity index (χ0v) is 20.3. The van der Waals surface area contributed by atoms with Crippen molar-refractivity contribution in [3.63, 3.8) is 0 Å². The van der Waals surface area contributed by atoms with E-state index in [1.165, 1.54) is 38.5 Å². The third-order valence-corrected chi connectivity index (χ3v) is 7.72. The average molecular weight is 453 g/mol. The van der Waals surface area contributed by atoms with Gasteiger partial charge in [0.15, 0.2) is 0 Å². The van der Waals surface area contributed by atoms with Crippen molar-refractivity contribution < 1.29 is 8.42 Å². The Kier molecular flexibility index (Phi) is 9.10. The van der Waals surface area contributed by atoms with Gasteiger partial charge >= 0.3 is 0 Å². The highest BCUT2D eigenvalue weighted by Gasteiger charge is 2.26. The minimum absolute atomic E-state index is 0.321. The van der Waals surface area contributed by atoms with Crippen LogP contribution in [0.15, 0.2) is 65.7 Å². The van der Waals surface area contributed by atoms with E-state index in [1.807, 2.05) is 31.2 Å². The van der Waals surface area contributed by atoms with Gasteiger partial charge in [0.1, 0.15) is 0 Å². The predicted molar refractivity (Wildman–Crippen MR) is 135 cm³/mol. The SMILES string of the molecule is CCCCCCCCCCCN(c1cc(C)cc2cccnc12)S(=O)(=O)c1ccccc1. The van der Waals surface area contributed by atoms with Crippen LogP contribution in [0.3, 0.4) is 0 Å². The molecule has 0 bridgehead atoms. The summed E-state index contributed by atoms with van der Waals surface area (Å²) >= 11 is 0. The number of sulfonamides is 1. The molecule has 0 amide bonds. The normalized spacial score (nSPS) is 11.7. The van der Waals surface area contributed by atoms with Crippen molar-refractivity contribution in [3.05, 3.63) is 66.4 Å². The lowest BCUT2D eigenvalue weighted by atomic mass is 10.1. The van der Waals surface area contributed by atoms with Gasteiger partial charge < -0.3 is 0 Å². The molecular formula is C27H36N2O2S. The Morgan fingerprint density at radius 2 is 1.47 bits per heavy atom. The number of fused-ring (bicyclic) bond motifs is 1. The quantitative estimate of drug-likeness (QED) is 0.256. The van der Waals surface area contributed by atoms with Gasteiger partial charge in [0.25, 0.3) is 10.0 Å². The first-order chi connectivity index (χ1) is 15.5. The fourth-order valence-corrected chi connectivity index (χ4v) is 5.69. The molecule has 0 unspecified atom stereocenters. The van der Waals surface area contributed by atoms with E-state index in [2.05, 4.69) is 18.0 Å². The van der Waals surface area contributed by atoms with Crippen molar-refractivity contribution >= 4 is 26.6 Å². The second-order valence-electron chi connectivity index (χ2n) is 8.58. The number of anilines is 1. The molecule has 0 spiro atoms. The molecule has 0 aliphatic carbocycles. The van der Waals surface area contributed by atoms with E-state index in [0.29, 0.717) is 17.1 Å². The summed E-state index contributed by atoms with van der Waals surface area (Å²) in [5.41, 5.74) is 2.43. The average Bonchev–Trinajstić information content (AvgIpc) is 2.80. The molecule has 32 heavy (non-hydrogen) atoms. The molecular weight excluding hydrogens is 416 g/mol. The molecule has 0 atom stereocenters. The molecule has 0 aliphatic heterocycles. The van der Waals surface area contributed by atoms with E-state index >= 15 is 0 Å². The minimum Gasteiger partial charge on any atom is -0.264 e. The molecule has 0 N–H and O–H groups in total. The fourth-order valence-electron chi connectivity index (χ4n) is 4.17. The van der Waals surface area contributed by atoms with E-state index in [4.69, 9.17) is 0 Å². The molecule has 2 aromatic carbocycles. The van der Waals surface area contributed by atoms with Crippen LogP contribution in [0.5, 0.6) is 0 Å². The first-order valence-electron chi connectivity index (χ1n) is 12.0. The summed E-state index contributed by atoms with van der Waals surface area (Å²) < 4.78 is 28.9. The molecule has 3 rings (SSSR count). The van der Waals surface area contributed by atoms with Crippen molar-refractivity contribution in [1.82, 2.24) is 4.98 Å². The Balaban J connectivity index is 1.78. The zero-order valence-electron chi connectivity index (χ0n) is 19.5. The number of hydrogen-bond acceptors (Lipinski definition) is 3. The smallest absolute Gasteiger partial charge is 0.264 e. The van der Waals surface area contributed by atoms with Gasteiger partial charge in [-0.1, -0.05) is 82.6 Å². The van der Waals surface area contributed by atoms with Crippen molar-refractivity contribution in [2.45, 2.75) is 76.5 Å². The van der Waals surface area contributed by atoms with E-state index in [-0.39, 0.29) is 0 Å². The highest BCUT2D eigenvalue weighted by molar-refractivity contribution is 7.92. The summed E-state index contributed by atoms with van der Waals surface area (Å²) in [7, 11) is -3.68. The molecule has 4 nitrogen and oxygen atoms in total. The summed E-state index contributed by atoms with van der Waals surface area (Å²) in [6, 6.07) is 16.6. The maximum Gasteiger partial charge on any atom is 0.264 e. The number of hydrogen-bond donors (Lipinski definition) is 0. The molecule has 1 heterocycles. The van der Waals surface area contributed by atoms with Gasteiger partial charge in [-0.3, -0.25) is 9.29 Å². The maximum atomic E-state index is 13.7. The number of aromatic nitrogens is 1. The van der Waals surface area contributed by atoms with E-state index in [1.54, 1.807) is 34.8 Å². The molecule has 172 valence electrons. The summed E-state index contributed by atoms with van der Waals surface area (Å²) in [6.07, 6.45) is 12.5. The lowest BCUT2D eigenvalue weighted by Crippen LogP contribution is -2.32. The van der Waals surface area contributed by atoms with Gasteiger partial charge in [-0.15, -0.1) is 0 Å². The minimum atomic E-state index is -3.68. The van der Waals surface area contributed by atoms with Gasteiger partial charge in [-0.05, 0) is 49.2 Å². The largest absolute Gasteiger partial charge is 0.264 e. The van der Waals surface area contributed by atoms with Crippen LogP contribution in [0.4, 0.5) is 5.69 Å². The molecule has 3 aromatic rings. The number of unbranched alkanes of at least 4 members (excludes halogenated alkanes) is 8. The summed E-state index contributed by atoms with van der Waals surface area (Å²) in [4.78, 5) is 4.86. The molecule has 0 saturated heterocycles. The van der Waals surface area contributed by atoms with Crippen LogP contribution in [0.2, 0.25) is 0 Å². The highest BCUT2D eigenvalue weighted by Crippen LogP contribution is 2.31. The lowest BCUT2D eigenvalue weighted by molar-refractivity contribution is 0.562. The molecule has 0 fully saturated rings. The number of nitrogens with zero attached hydrogens (tertiary/aromatic N) is 2. The standard InChI is InChI=1S/C27H36N2O2S/c1-3-4-5-6-7-8-9-10-14-20-29(32(30,31)25-17-12-11-13-18-25)26-22-23(2)21-24-16-15-19-28-27(24)26/h11-13,15-19,21-22H,3-10,14,20H2,1-2H3. The highest BCUT2D eigenvalue weighted by atomic mass is 32.2. The molecule has 0 saturated carbocycles. The number of rotatable bonds is 13. The van der Waals surface area contributed by atoms with Gasteiger partial charge in [0.05, 0.1) is 16.1 Å². The van der Waals surface area contributed by atoms with E-state index in [9.17, 15) is 8.42 Å². The summed E-state index contributed by atoms with van der Waals surface area (Å²) in [5.74, 6) is 0. The Hall–Kier alpha value is -2.40. The topological polar surface area (TPSA) is 50.3 Å². The Morgan fingerprint density at radius 3 is 2.16 bits per heavy atom. The Morgan fingerprint density at radius 1 is 0.812 bits per heavy atom. The van der Waals surface area contributed by atoms with Crippen molar-refractivity contribution in [2.75, 3.05) is 10.8 Å². The zero-order chi connectivity index (χ0) is 22.8. The van der Waals surface area contributed by atoms with Crippen LogP contribution in [0.1, 0.15) is 70.3 Å². The van der Waals surface area contributed by atoms with Crippen LogP contribution in [-0.4, -0.2) is 19.9 Å². The van der Waals surface area contributed by atoms with Gasteiger partial charge in [0, 0.05) is 18.1 Å². The van der Waals surface area contributed by atoms with Crippen LogP contribution in [-0.2, 0) is 10.0 Å². The predicted octanol–water partition coefficient (Wildman–Crippen LogP) is 7.27. The molecule has 1 aromatic heterocycles. The first kappa shape index (κ1) is 24.2. The second kappa shape index (κ2) is 12.0. The van der Waals surface area contributed by atoms with Crippen molar-refractivity contribution in [2.24, 2.45) is 0 Å². The molecule has 0 radical (unpaired) electrons. The lowest BCUT2D eigenvalue weighted by Gasteiger charge is -2.26. The third kappa shape index (κ3) is 6.32. The van der Waals surface area contributed by atoms with Gasteiger partial charge in [-0.2, -0.15) is 0 Å². The summed E-state index contributed by atoms with van der Waals surface area (Å²) in [5, 5.41) is 0.961. The van der Waals surface area contributed by atoms with Crippen LogP contribution >= 0.6 is 0 Å². The Bertz CT molecular complexity index is 1080. The fraction of sp³-hybridized carbons (Fsp3) is 0.444. The number of benzene rings is 2. The van der Waals surface area contributed by atoms with Crippen LogP contribution in [0, 0.1) is 6.92 Å². The van der Waals surface area contributed by atoms with Gasteiger partial charge in [0.2, 0.25) is 0 Å².